The van der Waals surface area contributed by atoms with Crippen LogP contribution in [-0.2, 0) is 0 Å². The van der Waals surface area contributed by atoms with Crippen LogP contribution in [0.4, 0.5) is 5.69 Å². The van der Waals surface area contributed by atoms with Gasteiger partial charge < -0.3 is 10.6 Å². The molecule has 1 aromatic rings. The Kier molecular flexibility index (Phi) is 5.66. The third kappa shape index (κ3) is 5.07. The molecule has 116 valence electrons. The Hall–Kier alpha value is -1.51. The van der Waals surface area contributed by atoms with E-state index in [1.165, 1.54) is 12.8 Å². The minimum absolute atomic E-state index is 0.0520. The summed E-state index contributed by atoms with van der Waals surface area (Å²) < 4.78 is 0. The molecule has 21 heavy (non-hydrogen) atoms. The number of carbonyl (C=O) groups is 1. The SMILES string of the molecule is CCC(C)CC(CC)Nc1cccc(C(=O)NC2CC2)c1. The molecule has 0 aromatic heterocycles. The average molecular weight is 288 g/mol. The van der Waals surface area contributed by atoms with Crippen LogP contribution in [-0.4, -0.2) is 18.0 Å². The third-order valence-corrected chi connectivity index (χ3v) is 4.28. The zero-order valence-corrected chi connectivity index (χ0v) is 13.5. The fourth-order valence-electron chi connectivity index (χ4n) is 2.46. The lowest BCUT2D eigenvalue weighted by molar-refractivity contribution is 0.0951. The maximum absolute atomic E-state index is 12.1. The lowest BCUT2D eigenvalue weighted by Gasteiger charge is -2.21. The number of anilines is 1. The average Bonchev–Trinajstić information content (AvgIpc) is 3.30. The molecule has 1 aromatic carbocycles. The smallest absolute Gasteiger partial charge is 0.251 e. The van der Waals surface area contributed by atoms with E-state index in [0.717, 1.165) is 36.4 Å². The van der Waals surface area contributed by atoms with Gasteiger partial charge in [0.05, 0.1) is 0 Å². The fourth-order valence-corrected chi connectivity index (χ4v) is 2.46. The van der Waals surface area contributed by atoms with Crippen LogP contribution in [0, 0.1) is 5.92 Å². The molecular weight excluding hydrogens is 260 g/mol. The van der Waals surface area contributed by atoms with Crippen LogP contribution in [0.15, 0.2) is 24.3 Å². The molecule has 1 aliphatic rings. The van der Waals surface area contributed by atoms with Gasteiger partial charge in [0, 0.05) is 23.3 Å². The molecule has 0 spiro atoms. The zero-order chi connectivity index (χ0) is 15.2. The van der Waals surface area contributed by atoms with E-state index in [9.17, 15) is 4.79 Å². The highest BCUT2D eigenvalue weighted by Crippen LogP contribution is 2.21. The number of carbonyl (C=O) groups excluding carboxylic acids is 1. The Balaban J connectivity index is 1.96. The normalized spacial score (nSPS) is 17.1. The standard InChI is InChI=1S/C18H28N2O/c1-4-13(3)11-15(5-2)19-17-8-6-7-14(12-17)18(21)20-16-9-10-16/h6-8,12-13,15-16,19H,4-5,9-11H2,1-3H3,(H,20,21). The first kappa shape index (κ1) is 15.9. The van der Waals surface area contributed by atoms with E-state index in [0.29, 0.717) is 12.1 Å². The first-order valence-electron chi connectivity index (χ1n) is 8.29. The summed E-state index contributed by atoms with van der Waals surface area (Å²) in [5.41, 5.74) is 1.80. The van der Waals surface area contributed by atoms with Crippen LogP contribution in [0.1, 0.15) is 63.2 Å². The highest BCUT2D eigenvalue weighted by molar-refractivity contribution is 5.95. The Morgan fingerprint density at radius 3 is 2.67 bits per heavy atom. The number of hydrogen-bond acceptors (Lipinski definition) is 2. The van der Waals surface area contributed by atoms with Gasteiger partial charge in [-0.05, 0) is 49.8 Å². The largest absolute Gasteiger partial charge is 0.382 e. The van der Waals surface area contributed by atoms with E-state index in [-0.39, 0.29) is 5.91 Å². The van der Waals surface area contributed by atoms with Crippen LogP contribution in [0.2, 0.25) is 0 Å². The summed E-state index contributed by atoms with van der Waals surface area (Å²) >= 11 is 0. The summed E-state index contributed by atoms with van der Waals surface area (Å²) in [6, 6.07) is 8.74. The third-order valence-electron chi connectivity index (χ3n) is 4.28. The lowest BCUT2D eigenvalue weighted by atomic mass is 9.97. The van der Waals surface area contributed by atoms with Crippen molar-refractivity contribution in [3.63, 3.8) is 0 Å². The Bertz CT molecular complexity index is 468. The second-order valence-electron chi connectivity index (χ2n) is 6.33. The summed E-state index contributed by atoms with van der Waals surface area (Å²) in [5.74, 6) is 0.778. The second-order valence-corrected chi connectivity index (χ2v) is 6.33. The van der Waals surface area contributed by atoms with Gasteiger partial charge in [0.1, 0.15) is 0 Å². The molecule has 1 amide bonds. The summed E-state index contributed by atoms with van der Waals surface area (Å²) in [6.45, 7) is 6.74. The van der Waals surface area contributed by atoms with Crippen molar-refractivity contribution in [2.75, 3.05) is 5.32 Å². The van der Waals surface area contributed by atoms with E-state index in [1.54, 1.807) is 0 Å². The number of hydrogen-bond donors (Lipinski definition) is 2. The minimum atomic E-state index is 0.0520. The van der Waals surface area contributed by atoms with Crippen molar-refractivity contribution in [1.29, 1.82) is 0 Å². The molecule has 1 aliphatic carbocycles. The van der Waals surface area contributed by atoms with Gasteiger partial charge in [0.15, 0.2) is 0 Å². The van der Waals surface area contributed by atoms with E-state index in [1.807, 2.05) is 24.3 Å². The summed E-state index contributed by atoms with van der Waals surface area (Å²) in [7, 11) is 0. The molecule has 0 aliphatic heterocycles. The van der Waals surface area contributed by atoms with Crippen LogP contribution in [0.25, 0.3) is 0 Å². The van der Waals surface area contributed by atoms with Crippen molar-refractivity contribution < 1.29 is 4.79 Å². The van der Waals surface area contributed by atoms with Crippen molar-refractivity contribution in [3.05, 3.63) is 29.8 Å². The summed E-state index contributed by atoms with van der Waals surface area (Å²) in [6.07, 6.45) is 5.73. The van der Waals surface area contributed by atoms with Gasteiger partial charge in [0.25, 0.3) is 5.91 Å². The van der Waals surface area contributed by atoms with Crippen molar-refractivity contribution in [2.45, 2.75) is 65.0 Å². The first-order valence-corrected chi connectivity index (χ1v) is 8.29. The summed E-state index contributed by atoms with van der Waals surface area (Å²) in [4.78, 5) is 12.1. The lowest BCUT2D eigenvalue weighted by Crippen LogP contribution is -2.26. The first-order chi connectivity index (χ1) is 10.1. The molecule has 2 atom stereocenters. The van der Waals surface area contributed by atoms with Crippen LogP contribution >= 0.6 is 0 Å². The molecule has 0 radical (unpaired) electrons. The minimum Gasteiger partial charge on any atom is -0.382 e. The highest BCUT2D eigenvalue weighted by atomic mass is 16.1. The Morgan fingerprint density at radius 1 is 1.29 bits per heavy atom. The second kappa shape index (κ2) is 7.48. The molecule has 1 fully saturated rings. The Morgan fingerprint density at radius 2 is 2.05 bits per heavy atom. The maximum atomic E-state index is 12.1. The van der Waals surface area contributed by atoms with Gasteiger partial charge in [-0.15, -0.1) is 0 Å². The van der Waals surface area contributed by atoms with E-state index < -0.39 is 0 Å². The molecule has 2 rings (SSSR count). The van der Waals surface area contributed by atoms with Gasteiger partial charge in [-0.2, -0.15) is 0 Å². The van der Waals surface area contributed by atoms with Crippen molar-refractivity contribution in [3.8, 4) is 0 Å². The van der Waals surface area contributed by atoms with E-state index in [4.69, 9.17) is 0 Å². The summed E-state index contributed by atoms with van der Waals surface area (Å²) in [5, 5.41) is 6.62. The van der Waals surface area contributed by atoms with Crippen molar-refractivity contribution in [2.24, 2.45) is 5.92 Å². The van der Waals surface area contributed by atoms with Gasteiger partial charge >= 0.3 is 0 Å². The van der Waals surface area contributed by atoms with Crippen LogP contribution in [0.3, 0.4) is 0 Å². The predicted molar refractivity (Wildman–Crippen MR) is 88.7 cm³/mol. The van der Waals surface area contributed by atoms with Gasteiger partial charge in [-0.1, -0.05) is 33.3 Å². The molecule has 0 saturated heterocycles. The molecule has 2 unspecified atom stereocenters. The molecule has 3 heteroatoms. The monoisotopic (exact) mass is 288 g/mol. The molecule has 0 bridgehead atoms. The van der Waals surface area contributed by atoms with Gasteiger partial charge in [-0.3, -0.25) is 4.79 Å². The Labute approximate surface area is 128 Å². The quantitative estimate of drug-likeness (QED) is 0.752. The number of rotatable bonds is 8. The van der Waals surface area contributed by atoms with E-state index >= 15 is 0 Å². The predicted octanol–water partition coefficient (Wildman–Crippen LogP) is 4.21. The van der Waals surface area contributed by atoms with Crippen molar-refractivity contribution in [1.82, 2.24) is 5.32 Å². The van der Waals surface area contributed by atoms with Gasteiger partial charge in [0.2, 0.25) is 0 Å². The number of nitrogens with one attached hydrogen (secondary N) is 2. The van der Waals surface area contributed by atoms with Crippen LogP contribution < -0.4 is 10.6 Å². The maximum Gasteiger partial charge on any atom is 0.251 e. The fraction of sp³-hybridized carbons (Fsp3) is 0.611. The van der Waals surface area contributed by atoms with Gasteiger partial charge in [-0.25, -0.2) is 0 Å². The number of benzene rings is 1. The highest BCUT2D eigenvalue weighted by Gasteiger charge is 2.23. The number of amides is 1. The molecule has 1 saturated carbocycles. The molecule has 2 N–H and O–H groups in total. The van der Waals surface area contributed by atoms with Crippen LogP contribution in [0.5, 0.6) is 0 Å². The zero-order valence-electron chi connectivity index (χ0n) is 13.5. The topological polar surface area (TPSA) is 41.1 Å². The van der Waals surface area contributed by atoms with E-state index in [2.05, 4.69) is 31.4 Å². The van der Waals surface area contributed by atoms with Crippen molar-refractivity contribution >= 4 is 11.6 Å². The molecule has 0 heterocycles. The molecule has 3 nitrogen and oxygen atoms in total. The molecular formula is C18H28N2O.